The quantitative estimate of drug-likeness (QED) is 0.402. The first-order chi connectivity index (χ1) is 14.6. The van der Waals surface area contributed by atoms with Crippen molar-refractivity contribution in [3.8, 4) is 5.75 Å². The number of benzene rings is 1. The van der Waals surface area contributed by atoms with Crippen molar-refractivity contribution in [1.29, 1.82) is 0 Å². The van der Waals surface area contributed by atoms with Crippen molar-refractivity contribution in [2.45, 2.75) is 26.2 Å². The van der Waals surface area contributed by atoms with E-state index in [1.807, 2.05) is 26.8 Å². The summed E-state index contributed by atoms with van der Waals surface area (Å²) in [4.78, 5) is 47.7. The van der Waals surface area contributed by atoms with E-state index in [2.05, 4.69) is 20.8 Å². The van der Waals surface area contributed by atoms with Gasteiger partial charge >= 0.3 is 8.60 Å². The Morgan fingerprint density at radius 1 is 0.839 bits per heavy atom. The fourth-order valence-electron chi connectivity index (χ4n) is 3.39. The average Bonchev–Trinajstić information content (AvgIpc) is 3.55. The number of hydrogen-bond donors (Lipinski definition) is 2. The molecular formula is C22H28N3O5P. The fourth-order valence-corrected chi connectivity index (χ4v) is 3.70. The van der Waals surface area contributed by atoms with E-state index in [1.54, 1.807) is 12.1 Å². The molecule has 1 aliphatic carbocycles. The third-order valence-electron chi connectivity index (χ3n) is 5.40. The van der Waals surface area contributed by atoms with Gasteiger partial charge in [-0.3, -0.25) is 9.59 Å². The zero-order chi connectivity index (χ0) is 22.3. The third kappa shape index (κ3) is 5.26. The first-order valence-corrected chi connectivity index (χ1v) is 11.6. The van der Waals surface area contributed by atoms with Gasteiger partial charge in [0.2, 0.25) is 11.6 Å². The van der Waals surface area contributed by atoms with Gasteiger partial charge in [-0.1, -0.05) is 32.9 Å². The second-order valence-electron chi connectivity index (χ2n) is 9.00. The second kappa shape index (κ2) is 8.26. The number of Topliss-reactive ketones (excluding diaryl/α,β-unsaturated/α-hetero) is 1. The molecule has 3 fully saturated rings. The van der Waals surface area contributed by atoms with Crippen LogP contribution < -0.4 is 4.52 Å². The highest BCUT2D eigenvalue weighted by atomic mass is 31.2. The number of nitrogens with zero attached hydrogens (tertiary/aromatic N) is 3. The molecule has 1 aromatic rings. The van der Waals surface area contributed by atoms with E-state index < -0.39 is 8.60 Å². The van der Waals surface area contributed by atoms with Gasteiger partial charge in [0, 0.05) is 45.3 Å². The molecule has 0 unspecified atom stereocenters. The normalized spacial score (nSPS) is 19.9. The van der Waals surface area contributed by atoms with Gasteiger partial charge in [-0.05, 0) is 23.1 Å². The van der Waals surface area contributed by atoms with Gasteiger partial charge in [-0.2, -0.15) is 0 Å². The van der Waals surface area contributed by atoms with Crippen LogP contribution in [0.5, 0.6) is 5.75 Å². The highest BCUT2D eigenvalue weighted by Crippen LogP contribution is 2.34. The molecule has 8 nitrogen and oxygen atoms in total. The topological polar surface area (TPSA) is 92.9 Å². The van der Waals surface area contributed by atoms with Gasteiger partial charge < -0.3 is 29.0 Å². The lowest BCUT2D eigenvalue weighted by atomic mass is 9.87. The molecule has 0 saturated carbocycles. The average molecular weight is 445 g/mol. The first-order valence-electron chi connectivity index (χ1n) is 10.4. The number of carbonyl (C=O) groups excluding carboxylic acids is 2. The van der Waals surface area contributed by atoms with Gasteiger partial charge in [0.1, 0.15) is 17.1 Å². The SMILES string of the molecule is CC(C)(C)c1ccc(OP(O)O)cc1.O=C1C=C(N2CC2)C(=O)C(N2CC2)=C1N1CC1. The van der Waals surface area contributed by atoms with E-state index in [0.29, 0.717) is 22.8 Å². The molecule has 0 radical (unpaired) electrons. The Morgan fingerprint density at radius 2 is 1.35 bits per heavy atom. The highest BCUT2D eigenvalue weighted by molar-refractivity contribution is 7.39. The molecule has 0 aromatic heterocycles. The summed E-state index contributed by atoms with van der Waals surface area (Å²) in [5, 5.41) is 0. The molecule has 5 rings (SSSR count). The number of rotatable bonds is 5. The predicted octanol–water partition coefficient (Wildman–Crippen LogP) is 1.75. The lowest BCUT2D eigenvalue weighted by molar-refractivity contribution is -0.117. The molecular weight excluding hydrogens is 417 g/mol. The molecule has 0 spiro atoms. The molecule has 0 amide bonds. The van der Waals surface area contributed by atoms with Crippen LogP contribution in [0.4, 0.5) is 0 Å². The van der Waals surface area contributed by atoms with Gasteiger partial charge in [0.15, 0.2) is 0 Å². The van der Waals surface area contributed by atoms with Crippen LogP contribution in [0.1, 0.15) is 26.3 Å². The van der Waals surface area contributed by atoms with Crippen molar-refractivity contribution >= 4 is 20.2 Å². The van der Waals surface area contributed by atoms with Crippen molar-refractivity contribution in [3.05, 3.63) is 53.0 Å². The van der Waals surface area contributed by atoms with E-state index >= 15 is 0 Å². The first kappa shape index (κ1) is 21.8. The van der Waals surface area contributed by atoms with Crippen LogP contribution in [0.2, 0.25) is 0 Å². The molecule has 3 saturated heterocycles. The van der Waals surface area contributed by atoms with Crippen LogP contribution >= 0.6 is 8.60 Å². The number of carbonyl (C=O) groups is 2. The minimum absolute atomic E-state index is 0.00546. The molecule has 166 valence electrons. The molecule has 2 N–H and O–H groups in total. The smallest absolute Gasteiger partial charge is 0.391 e. The van der Waals surface area contributed by atoms with E-state index in [4.69, 9.17) is 14.3 Å². The Kier molecular flexibility index (Phi) is 5.81. The van der Waals surface area contributed by atoms with Crippen molar-refractivity contribution in [2.75, 3.05) is 39.3 Å². The summed E-state index contributed by atoms with van der Waals surface area (Å²) in [5.74, 6) is 0.529. The summed E-state index contributed by atoms with van der Waals surface area (Å²) in [7, 11) is -2.31. The molecule has 0 bridgehead atoms. The molecule has 9 heteroatoms. The zero-order valence-electron chi connectivity index (χ0n) is 18.0. The zero-order valence-corrected chi connectivity index (χ0v) is 18.9. The molecule has 31 heavy (non-hydrogen) atoms. The number of hydrogen-bond acceptors (Lipinski definition) is 8. The maximum Gasteiger partial charge on any atom is 0.391 e. The molecule has 4 aliphatic rings. The van der Waals surface area contributed by atoms with Crippen LogP contribution in [-0.4, -0.2) is 75.3 Å². The second-order valence-corrected chi connectivity index (χ2v) is 9.69. The molecule has 3 aliphatic heterocycles. The van der Waals surface area contributed by atoms with Crippen LogP contribution in [-0.2, 0) is 15.0 Å². The minimum Gasteiger partial charge on any atom is -0.427 e. The van der Waals surface area contributed by atoms with Crippen LogP contribution in [0.3, 0.4) is 0 Å². The number of allylic oxidation sites excluding steroid dienone is 1. The Morgan fingerprint density at radius 3 is 1.81 bits per heavy atom. The number of ketones is 2. The van der Waals surface area contributed by atoms with Crippen molar-refractivity contribution in [2.24, 2.45) is 0 Å². The Labute approximate surface area is 183 Å². The van der Waals surface area contributed by atoms with E-state index in [-0.39, 0.29) is 17.0 Å². The lowest BCUT2D eigenvalue weighted by Crippen LogP contribution is -2.29. The summed E-state index contributed by atoms with van der Waals surface area (Å²) in [6.07, 6.45) is 1.52. The van der Waals surface area contributed by atoms with E-state index in [0.717, 1.165) is 39.3 Å². The Balaban J connectivity index is 0.000000153. The summed E-state index contributed by atoms with van der Waals surface area (Å²) in [6, 6.07) is 7.33. The van der Waals surface area contributed by atoms with Crippen LogP contribution in [0.15, 0.2) is 47.4 Å². The van der Waals surface area contributed by atoms with Crippen molar-refractivity contribution < 1.29 is 23.9 Å². The van der Waals surface area contributed by atoms with E-state index in [9.17, 15) is 9.59 Å². The molecule has 3 heterocycles. The summed E-state index contributed by atoms with van der Waals surface area (Å²) in [6.45, 7) is 11.8. The minimum atomic E-state index is -2.31. The summed E-state index contributed by atoms with van der Waals surface area (Å²) < 4.78 is 4.76. The molecule has 1 aromatic carbocycles. The summed E-state index contributed by atoms with van der Waals surface area (Å²) >= 11 is 0. The van der Waals surface area contributed by atoms with Crippen molar-refractivity contribution in [1.82, 2.24) is 14.7 Å². The Hall–Kier alpha value is -2.41. The van der Waals surface area contributed by atoms with Crippen LogP contribution in [0.25, 0.3) is 0 Å². The van der Waals surface area contributed by atoms with E-state index in [1.165, 1.54) is 11.6 Å². The Bertz CT molecular complexity index is 937. The largest absolute Gasteiger partial charge is 0.427 e. The van der Waals surface area contributed by atoms with Gasteiger partial charge in [0.05, 0.1) is 5.70 Å². The van der Waals surface area contributed by atoms with Crippen molar-refractivity contribution in [3.63, 3.8) is 0 Å². The lowest BCUT2D eigenvalue weighted by Gasteiger charge is -2.21. The van der Waals surface area contributed by atoms with Gasteiger partial charge in [0.25, 0.3) is 0 Å². The maximum atomic E-state index is 12.4. The fraction of sp³-hybridized carbons (Fsp3) is 0.455. The van der Waals surface area contributed by atoms with Gasteiger partial charge in [-0.15, -0.1) is 0 Å². The van der Waals surface area contributed by atoms with Crippen LogP contribution in [0, 0.1) is 0 Å². The summed E-state index contributed by atoms with van der Waals surface area (Å²) in [5.41, 5.74) is 3.17. The van der Waals surface area contributed by atoms with Gasteiger partial charge in [-0.25, -0.2) is 0 Å². The maximum absolute atomic E-state index is 12.4. The predicted molar refractivity (Wildman–Crippen MR) is 117 cm³/mol. The standard InChI is InChI=1S/C12H13N3O2.C10H15O3P/c16-9-7-8(13-1-2-13)12(17)11(15-5-6-15)10(9)14-3-4-14;1-10(2,3)8-4-6-9(7-5-8)13-14(11)12/h7H,1-6H2;4-7,11-12H,1-3H3. The monoisotopic (exact) mass is 445 g/mol. The molecule has 0 atom stereocenters. The third-order valence-corrected chi connectivity index (χ3v) is 5.77. The highest BCUT2D eigenvalue weighted by Gasteiger charge is 2.43.